The molecule has 1 nitrogen and oxygen atoms in total. The summed E-state index contributed by atoms with van der Waals surface area (Å²) in [6.45, 7) is 5.67. The average Bonchev–Trinajstić information content (AvgIpc) is 2.05. The highest BCUT2D eigenvalue weighted by Gasteiger charge is 2.13. The van der Waals surface area contributed by atoms with Gasteiger partial charge in [0.15, 0.2) is 0 Å². The van der Waals surface area contributed by atoms with Gasteiger partial charge in [-0.25, -0.2) is 0 Å². The highest BCUT2D eigenvalue weighted by atomic mass is 28.2. The molecular formula is C10H22OSi. The first-order valence-corrected chi connectivity index (χ1v) is 7.22. The van der Waals surface area contributed by atoms with E-state index < -0.39 is 0 Å². The predicted molar refractivity (Wildman–Crippen MR) is 56.4 cm³/mol. The highest BCUT2D eigenvalue weighted by molar-refractivity contribution is 6.37. The second-order valence-corrected chi connectivity index (χ2v) is 6.51. The van der Waals surface area contributed by atoms with E-state index in [2.05, 4.69) is 13.8 Å². The highest BCUT2D eigenvalue weighted by Crippen LogP contribution is 2.14. The van der Waals surface area contributed by atoms with Crippen LogP contribution in [0.15, 0.2) is 0 Å². The van der Waals surface area contributed by atoms with E-state index in [0.29, 0.717) is 0 Å². The van der Waals surface area contributed by atoms with Crippen molar-refractivity contribution in [2.24, 2.45) is 5.92 Å². The maximum absolute atomic E-state index is 5.72. The molecule has 0 radical (unpaired) electrons. The third-order valence-electron chi connectivity index (χ3n) is 2.58. The first-order chi connectivity index (χ1) is 5.79. The van der Waals surface area contributed by atoms with Crippen LogP contribution in [0.3, 0.4) is 0 Å². The van der Waals surface area contributed by atoms with Crippen LogP contribution in [0, 0.1) is 5.92 Å². The first kappa shape index (κ1) is 10.3. The third-order valence-corrected chi connectivity index (χ3v) is 4.69. The normalized spacial score (nSPS) is 25.8. The summed E-state index contributed by atoms with van der Waals surface area (Å²) in [4.78, 5) is 0. The molecule has 1 aliphatic heterocycles. The molecule has 1 heterocycles. The average molecular weight is 186 g/mol. The molecule has 1 unspecified atom stereocenters. The molecule has 0 aromatic carbocycles. The maximum atomic E-state index is 5.72. The van der Waals surface area contributed by atoms with Gasteiger partial charge in [0.2, 0.25) is 0 Å². The molecule has 1 atom stereocenters. The van der Waals surface area contributed by atoms with Crippen molar-refractivity contribution < 1.29 is 4.74 Å². The van der Waals surface area contributed by atoms with Gasteiger partial charge in [0.25, 0.3) is 0 Å². The summed E-state index contributed by atoms with van der Waals surface area (Å²) in [5, 5.41) is 0. The van der Waals surface area contributed by atoms with E-state index in [-0.39, 0.29) is 9.52 Å². The zero-order valence-electron chi connectivity index (χ0n) is 8.51. The molecule has 1 fully saturated rings. The summed E-state index contributed by atoms with van der Waals surface area (Å²) in [5.41, 5.74) is 0.734. The molecule has 0 aromatic heterocycles. The van der Waals surface area contributed by atoms with Crippen molar-refractivity contribution in [3.63, 3.8) is 0 Å². The minimum Gasteiger partial charge on any atom is -0.382 e. The monoisotopic (exact) mass is 186 g/mol. The maximum Gasteiger partial charge on any atom is 0.0555 e. The van der Waals surface area contributed by atoms with Gasteiger partial charge in [-0.2, -0.15) is 0 Å². The van der Waals surface area contributed by atoms with Crippen LogP contribution in [0.1, 0.15) is 39.5 Å². The van der Waals surface area contributed by atoms with Crippen LogP contribution < -0.4 is 0 Å². The van der Waals surface area contributed by atoms with Crippen molar-refractivity contribution in [2.75, 3.05) is 6.61 Å². The lowest BCUT2D eigenvalue weighted by molar-refractivity contribution is 0.0649. The summed E-state index contributed by atoms with van der Waals surface area (Å²) in [6.07, 6.45) is 5.50. The van der Waals surface area contributed by atoms with Crippen molar-refractivity contribution >= 4 is 9.52 Å². The van der Waals surface area contributed by atoms with Crippen LogP contribution in [0.25, 0.3) is 0 Å². The van der Waals surface area contributed by atoms with E-state index in [9.17, 15) is 0 Å². The number of hydrogen-bond donors (Lipinski definition) is 0. The SMILES string of the molecule is CC(C)CC[SiH2]C1CCCCO1. The fourth-order valence-electron chi connectivity index (χ4n) is 1.79. The van der Waals surface area contributed by atoms with Gasteiger partial charge in [-0.3, -0.25) is 0 Å². The Hall–Kier alpha value is 0.177. The molecule has 1 rings (SSSR count). The number of ether oxygens (including phenoxy) is 1. The van der Waals surface area contributed by atoms with Gasteiger partial charge < -0.3 is 4.74 Å². The van der Waals surface area contributed by atoms with Crippen LogP contribution >= 0.6 is 0 Å². The molecule has 1 aliphatic rings. The van der Waals surface area contributed by atoms with Gasteiger partial charge in [0.1, 0.15) is 0 Å². The van der Waals surface area contributed by atoms with E-state index in [1.54, 1.807) is 0 Å². The molecule has 0 aromatic rings. The number of rotatable bonds is 4. The molecule has 0 saturated carbocycles. The van der Waals surface area contributed by atoms with Crippen molar-refractivity contribution in [3.05, 3.63) is 0 Å². The van der Waals surface area contributed by atoms with E-state index >= 15 is 0 Å². The van der Waals surface area contributed by atoms with Gasteiger partial charge in [-0.1, -0.05) is 26.3 Å². The molecule has 12 heavy (non-hydrogen) atoms. The van der Waals surface area contributed by atoms with Crippen molar-refractivity contribution in [1.29, 1.82) is 0 Å². The molecule has 0 bridgehead atoms. The first-order valence-electron chi connectivity index (χ1n) is 5.40. The fraction of sp³-hybridized carbons (Fsp3) is 1.00. The molecule has 0 amide bonds. The Bertz CT molecular complexity index is 108. The van der Waals surface area contributed by atoms with Crippen LogP contribution in [0.2, 0.25) is 6.04 Å². The van der Waals surface area contributed by atoms with Crippen LogP contribution in [0.4, 0.5) is 0 Å². The largest absolute Gasteiger partial charge is 0.382 e. The van der Waals surface area contributed by atoms with Gasteiger partial charge in [0.05, 0.1) is 9.52 Å². The number of hydrogen-bond acceptors (Lipinski definition) is 1. The fourth-order valence-corrected chi connectivity index (χ4v) is 4.21. The van der Waals surface area contributed by atoms with E-state index in [4.69, 9.17) is 4.74 Å². The predicted octanol–water partition coefficient (Wildman–Crippen LogP) is 2.15. The Morgan fingerprint density at radius 1 is 1.42 bits per heavy atom. The van der Waals surface area contributed by atoms with Crippen molar-refractivity contribution in [1.82, 2.24) is 0 Å². The quantitative estimate of drug-likeness (QED) is 0.611. The lowest BCUT2D eigenvalue weighted by Gasteiger charge is -2.22. The second-order valence-electron chi connectivity index (χ2n) is 4.31. The van der Waals surface area contributed by atoms with Crippen molar-refractivity contribution in [3.8, 4) is 0 Å². The lowest BCUT2D eigenvalue weighted by Crippen LogP contribution is -2.25. The molecule has 0 spiro atoms. The van der Waals surface area contributed by atoms with Gasteiger partial charge in [-0.05, 0) is 25.2 Å². The van der Waals surface area contributed by atoms with Crippen LogP contribution in [-0.4, -0.2) is 21.9 Å². The zero-order chi connectivity index (χ0) is 8.81. The van der Waals surface area contributed by atoms with E-state index in [0.717, 1.165) is 18.3 Å². The molecule has 1 saturated heterocycles. The summed E-state index contributed by atoms with van der Waals surface area (Å²) in [5.74, 6) is 0.890. The minimum atomic E-state index is 0.101. The van der Waals surface area contributed by atoms with Gasteiger partial charge >= 0.3 is 0 Å². The Morgan fingerprint density at radius 3 is 2.83 bits per heavy atom. The van der Waals surface area contributed by atoms with Crippen molar-refractivity contribution in [2.45, 2.75) is 51.3 Å². The van der Waals surface area contributed by atoms with Crippen LogP contribution in [0.5, 0.6) is 0 Å². The molecule has 72 valence electrons. The summed E-state index contributed by atoms with van der Waals surface area (Å²) in [7, 11) is 0.101. The Morgan fingerprint density at radius 2 is 2.25 bits per heavy atom. The van der Waals surface area contributed by atoms with E-state index in [1.165, 1.54) is 31.7 Å². The molecule has 2 heteroatoms. The Labute approximate surface area is 78.7 Å². The third kappa shape index (κ3) is 4.26. The zero-order valence-corrected chi connectivity index (χ0v) is 9.93. The smallest absolute Gasteiger partial charge is 0.0555 e. The van der Waals surface area contributed by atoms with Gasteiger partial charge in [0, 0.05) is 12.3 Å². The lowest BCUT2D eigenvalue weighted by atomic mass is 10.2. The second kappa shape index (κ2) is 5.76. The standard InChI is InChI=1S/C10H22OSi/c1-9(2)6-8-12-10-5-3-4-7-11-10/h9-10H,3-8,12H2,1-2H3. The Balaban J connectivity index is 1.98. The van der Waals surface area contributed by atoms with Crippen LogP contribution in [-0.2, 0) is 4.74 Å². The molecule has 0 aliphatic carbocycles. The van der Waals surface area contributed by atoms with Gasteiger partial charge in [-0.15, -0.1) is 0 Å². The summed E-state index contributed by atoms with van der Waals surface area (Å²) >= 11 is 0. The Kier molecular flexibility index (Phi) is 4.92. The topological polar surface area (TPSA) is 9.23 Å². The summed E-state index contributed by atoms with van der Waals surface area (Å²) in [6, 6.07) is 1.49. The van der Waals surface area contributed by atoms with E-state index in [1.807, 2.05) is 0 Å². The minimum absolute atomic E-state index is 0.101. The molecule has 0 N–H and O–H groups in total. The summed E-state index contributed by atoms with van der Waals surface area (Å²) < 4.78 is 5.72. The molecular weight excluding hydrogens is 164 g/mol.